The molecule has 34 heavy (non-hydrogen) atoms. The van der Waals surface area contributed by atoms with Crippen LogP contribution < -0.4 is 0 Å². The summed E-state index contributed by atoms with van der Waals surface area (Å²) in [6, 6.07) is 31.6. The second-order valence-corrected chi connectivity index (χ2v) is 7.59. The molecule has 0 N–H and O–H groups in total. The molecule has 0 spiro atoms. The van der Waals surface area contributed by atoms with Crippen molar-refractivity contribution in [2.45, 2.75) is 20.7 Å². The van der Waals surface area contributed by atoms with E-state index in [-0.39, 0.29) is 20.1 Å². The van der Waals surface area contributed by atoms with Crippen LogP contribution in [0.15, 0.2) is 97.5 Å². The van der Waals surface area contributed by atoms with Gasteiger partial charge in [-0.1, -0.05) is 34.9 Å². The molecule has 0 amide bonds. The Balaban J connectivity index is 0.000000201. The van der Waals surface area contributed by atoms with Crippen molar-refractivity contribution in [3.8, 4) is 33.8 Å². The Bertz CT molecular complexity index is 1440. The van der Waals surface area contributed by atoms with Gasteiger partial charge in [0.15, 0.2) is 0 Å². The first-order chi connectivity index (χ1) is 17.3. The van der Waals surface area contributed by atoms with Crippen LogP contribution in [-0.4, -0.2) is 15.0 Å². The molecule has 4 heteroatoms. The summed E-state index contributed by atoms with van der Waals surface area (Å²) in [5.41, 5.74) is 7.82. The first-order valence-electron chi connectivity index (χ1n) is 12.1. The van der Waals surface area contributed by atoms with Crippen LogP contribution in [0.4, 0.5) is 0 Å². The zero-order chi connectivity index (χ0) is 25.5. The zero-order valence-electron chi connectivity index (χ0n) is 21.9. The summed E-state index contributed by atoms with van der Waals surface area (Å²) in [6.45, 7) is 1.75. The third kappa shape index (κ3) is 6.54. The van der Waals surface area contributed by atoms with Gasteiger partial charge in [0.05, 0.1) is 5.69 Å². The molecular weight excluding hydrogens is 595 g/mol. The molecule has 5 aromatic rings. The minimum atomic E-state index is -2.10. The first kappa shape index (κ1) is 21.1. The van der Waals surface area contributed by atoms with Crippen LogP contribution in [0.2, 0.25) is 0 Å². The van der Waals surface area contributed by atoms with Crippen molar-refractivity contribution < 1.29 is 24.2 Å². The van der Waals surface area contributed by atoms with Crippen LogP contribution in [-0.2, 0) is 20.1 Å². The van der Waals surface area contributed by atoms with E-state index >= 15 is 0 Å². The molecule has 3 heterocycles. The van der Waals surface area contributed by atoms with E-state index in [9.17, 15) is 0 Å². The predicted octanol–water partition coefficient (Wildman–Crippen LogP) is 7.08. The molecule has 1 radical (unpaired) electrons. The SMILES string of the molecule is Cc1ccnc(-c2[c-]ccc(-c3ccccn3)c2)c1.[2H]C([2H])([2H])c1cnc(-c2[c-]cccc2)cc1C.[Ir]. The van der Waals surface area contributed by atoms with Gasteiger partial charge in [0, 0.05) is 42.8 Å². The number of rotatable bonds is 3. The molecule has 2 aromatic carbocycles. The van der Waals surface area contributed by atoms with E-state index < -0.39 is 6.85 Å². The second-order valence-electron chi connectivity index (χ2n) is 7.59. The third-order valence-electron chi connectivity index (χ3n) is 5.05. The van der Waals surface area contributed by atoms with Crippen LogP contribution in [0.5, 0.6) is 0 Å². The molecule has 0 unspecified atom stereocenters. The second kappa shape index (κ2) is 12.1. The number of pyridine rings is 3. The summed E-state index contributed by atoms with van der Waals surface area (Å²) in [5, 5.41) is 0. The quantitative estimate of drug-likeness (QED) is 0.202. The maximum absolute atomic E-state index is 7.37. The Kier molecular flexibility index (Phi) is 7.53. The average molecular weight is 623 g/mol. The maximum Gasteiger partial charge on any atom is 0.0518 e. The van der Waals surface area contributed by atoms with Crippen LogP contribution in [0.25, 0.3) is 33.8 Å². The third-order valence-corrected chi connectivity index (χ3v) is 5.05. The van der Waals surface area contributed by atoms with E-state index in [1.54, 1.807) is 19.2 Å². The topological polar surface area (TPSA) is 38.7 Å². The summed E-state index contributed by atoms with van der Waals surface area (Å²) in [5.74, 6) is 0. The Morgan fingerprint density at radius 2 is 1.47 bits per heavy atom. The van der Waals surface area contributed by atoms with Crippen LogP contribution in [0.1, 0.15) is 20.8 Å². The van der Waals surface area contributed by atoms with Crippen LogP contribution in [0, 0.1) is 32.8 Å². The molecule has 0 aliphatic carbocycles. The maximum atomic E-state index is 7.37. The summed E-state index contributed by atoms with van der Waals surface area (Å²) in [4.78, 5) is 12.9. The molecular formula is C30H25IrN3-2. The standard InChI is InChI=1S/C17H13N2.C13H12N.Ir/c1-13-8-10-19-17(11-13)15-6-4-5-14(12-15)16-7-2-3-9-18-16;1-10-8-13(14-9-11(10)2)12-6-4-3-5-7-12;/h2-5,7-12H,1H3;3-6,8-9H,1-2H3;/q2*-1;/i;2D3;. The monoisotopic (exact) mass is 623 g/mol. The molecule has 0 saturated heterocycles. The number of nitrogens with zero attached hydrogens (tertiary/aromatic N) is 3. The van der Waals surface area contributed by atoms with Crippen molar-refractivity contribution in [1.29, 1.82) is 0 Å². The Morgan fingerprint density at radius 3 is 2.18 bits per heavy atom. The van der Waals surface area contributed by atoms with E-state index in [2.05, 4.69) is 46.1 Å². The van der Waals surface area contributed by atoms with Crippen molar-refractivity contribution in [2.24, 2.45) is 0 Å². The van der Waals surface area contributed by atoms with Crippen molar-refractivity contribution in [2.75, 3.05) is 0 Å². The summed E-state index contributed by atoms with van der Waals surface area (Å²) in [6.07, 6.45) is 5.06. The van der Waals surface area contributed by atoms with Gasteiger partial charge in [0.25, 0.3) is 0 Å². The molecule has 5 rings (SSSR count). The van der Waals surface area contributed by atoms with Gasteiger partial charge in [0.1, 0.15) is 0 Å². The Morgan fingerprint density at radius 1 is 0.676 bits per heavy atom. The molecule has 0 bridgehead atoms. The van der Waals surface area contributed by atoms with Crippen LogP contribution in [0.3, 0.4) is 0 Å². The number of aromatic nitrogens is 3. The van der Waals surface area contributed by atoms with Gasteiger partial charge < -0.3 is 9.97 Å². The number of hydrogen-bond donors (Lipinski definition) is 0. The fourth-order valence-electron chi connectivity index (χ4n) is 3.25. The van der Waals surface area contributed by atoms with Crippen LogP contribution >= 0.6 is 0 Å². The number of benzene rings is 2. The molecule has 0 atom stereocenters. The van der Waals surface area contributed by atoms with Crippen molar-refractivity contribution in [3.05, 3.63) is 126 Å². The molecule has 0 aliphatic rings. The first-order valence-corrected chi connectivity index (χ1v) is 10.6. The van der Waals surface area contributed by atoms with Crippen molar-refractivity contribution in [1.82, 2.24) is 15.0 Å². The van der Waals surface area contributed by atoms with E-state index in [1.807, 2.05) is 66.9 Å². The molecule has 171 valence electrons. The van der Waals surface area contributed by atoms with E-state index in [0.29, 0.717) is 5.56 Å². The number of hydrogen-bond acceptors (Lipinski definition) is 3. The summed E-state index contributed by atoms with van der Waals surface area (Å²) in [7, 11) is 0. The summed E-state index contributed by atoms with van der Waals surface area (Å²) >= 11 is 0. The van der Waals surface area contributed by atoms with E-state index in [0.717, 1.165) is 39.3 Å². The van der Waals surface area contributed by atoms with Gasteiger partial charge in [-0.05, 0) is 55.8 Å². The Labute approximate surface area is 219 Å². The Hall–Kier alpha value is -3.46. The minimum Gasteiger partial charge on any atom is -0.305 e. The van der Waals surface area contributed by atoms with Gasteiger partial charge in [-0.15, -0.1) is 65.7 Å². The average Bonchev–Trinajstić information content (AvgIpc) is 2.89. The van der Waals surface area contributed by atoms with E-state index in [1.165, 1.54) is 11.8 Å². The van der Waals surface area contributed by atoms with Gasteiger partial charge >= 0.3 is 0 Å². The molecule has 0 aliphatic heterocycles. The molecule has 0 fully saturated rings. The minimum absolute atomic E-state index is 0. The van der Waals surface area contributed by atoms with Gasteiger partial charge in [-0.3, -0.25) is 4.98 Å². The normalized spacial score (nSPS) is 11.6. The van der Waals surface area contributed by atoms with Gasteiger partial charge in [0.2, 0.25) is 0 Å². The fourth-order valence-corrected chi connectivity index (χ4v) is 3.25. The summed E-state index contributed by atoms with van der Waals surface area (Å²) < 4.78 is 22.1. The molecule has 0 saturated carbocycles. The molecule has 3 aromatic heterocycles. The zero-order valence-corrected chi connectivity index (χ0v) is 21.3. The largest absolute Gasteiger partial charge is 0.305 e. The predicted molar refractivity (Wildman–Crippen MR) is 134 cm³/mol. The van der Waals surface area contributed by atoms with Gasteiger partial charge in [-0.2, -0.15) is 0 Å². The molecule has 3 nitrogen and oxygen atoms in total. The smallest absolute Gasteiger partial charge is 0.0518 e. The van der Waals surface area contributed by atoms with Crippen molar-refractivity contribution in [3.63, 3.8) is 0 Å². The van der Waals surface area contributed by atoms with Gasteiger partial charge in [-0.25, -0.2) is 0 Å². The van der Waals surface area contributed by atoms with E-state index in [4.69, 9.17) is 4.11 Å². The number of aryl methyl sites for hydroxylation is 3. The fraction of sp³-hybridized carbons (Fsp3) is 0.100. The van der Waals surface area contributed by atoms with Crippen molar-refractivity contribution >= 4 is 0 Å².